The molecule has 26 heavy (non-hydrogen) atoms. The van der Waals surface area contributed by atoms with Crippen LogP contribution in [-0.4, -0.2) is 18.6 Å². The molecule has 1 aromatic carbocycles. The number of thioether (sulfide) groups is 1. The van der Waals surface area contributed by atoms with Crippen LogP contribution in [0.4, 0.5) is 5.69 Å². The molecule has 0 N–H and O–H groups in total. The molecule has 0 unspecified atom stereocenters. The summed E-state index contributed by atoms with van der Waals surface area (Å²) in [4.78, 5) is 28.9. The third-order valence-corrected chi connectivity index (χ3v) is 5.36. The van der Waals surface area contributed by atoms with E-state index >= 15 is 0 Å². The fraction of sp³-hybridized carbons (Fsp3) is 0.100. The smallest absolute Gasteiger partial charge is 0.234 e. The van der Waals surface area contributed by atoms with E-state index in [4.69, 9.17) is 8.83 Å². The van der Waals surface area contributed by atoms with Crippen LogP contribution in [-0.2, 0) is 0 Å². The number of carbonyl (C=O) groups excluding carboxylic acids is 2. The van der Waals surface area contributed by atoms with E-state index in [9.17, 15) is 9.59 Å². The van der Waals surface area contributed by atoms with Gasteiger partial charge in [0.15, 0.2) is 11.5 Å². The molecule has 3 heterocycles. The summed E-state index contributed by atoms with van der Waals surface area (Å²) in [6.07, 6.45) is 2.83. The molecule has 0 fully saturated rings. The van der Waals surface area contributed by atoms with Crippen LogP contribution in [0.3, 0.4) is 0 Å². The number of carbonyl (C=O) groups is 2. The highest BCUT2D eigenvalue weighted by Gasteiger charge is 2.34. The van der Waals surface area contributed by atoms with E-state index in [0.29, 0.717) is 5.03 Å². The molecule has 1 aliphatic rings. The predicted molar refractivity (Wildman–Crippen MR) is 98.5 cm³/mol. The van der Waals surface area contributed by atoms with Gasteiger partial charge in [-0.3, -0.25) is 9.59 Å². The maximum absolute atomic E-state index is 13.0. The Morgan fingerprint density at radius 3 is 2.12 bits per heavy atom. The molecule has 0 saturated heterocycles. The van der Waals surface area contributed by atoms with Crippen LogP contribution < -0.4 is 4.90 Å². The predicted octanol–water partition coefficient (Wildman–Crippen LogP) is 4.70. The number of aryl methyl sites for hydroxylation is 1. The van der Waals surface area contributed by atoms with E-state index in [-0.39, 0.29) is 17.1 Å². The van der Waals surface area contributed by atoms with Gasteiger partial charge in [0.1, 0.15) is 5.57 Å². The van der Waals surface area contributed by atoms with Gasteiger partial charge in [-0.2, -0.15) is 0 Å². The third kappa shape index (κ3) is 2.68. The first-order chi connectivity index (χ1) is 12.6. The van der Waals surface area contributed by atoms with Gasteiger partial charge in [0.2, 0.25) is 11.6 Å². The van der Waals surface area contributed by atoms with E-state index in [1.165, 1.54) is 24.3 Å². The SMILES string of the molecule is Cc1ccc2c(c1)SC(=C(C(=O)c1ccco1)C(=O)c1ccco1)N2C. The van der Waals surface area contributed by atoms with Crippen molar-refractivity contribution in [1.29, 1.82) is 0 Å². The number of hydrogen-bond donors (Lipinski definition) is 0. The summed E-state index contributed by atoms with van der Waals surface area (Å²) in [6.45, 7) is 2.01. The molecule has 0 radical (unpaired) electrons. The summed E-state index contributed by atoms with van der Waals surface area (Å²) < 4.78 is 10.5. The lowest BCUT2D eigenvalue weighted by Crippen LogP contribution is -2.21. The number of furan rings is 2. The molecule has 0 aliphatic carbocycles. The van der Waals surface area contributed by atoms with Crippen molar-refractivity contribution >= 4 is 29.0 Å². The Morgan fingerprint density at radius 2 is 1.58 bits per heavy atom. The molecule has 0 spiro atoms. The van der Waals surface area contributed by atoms with Crippen LogP contribution in [0.25, 0.3) is 0 Å². The molecule has 130 valence electrons. The number of Topliss-reactive ketones (excluding diaryl/α,β-unsaturated/α-hetero) is 2. The quantitative estimate of drug-likeness (QED) is 0.289. The Labute approximate surface area is 154 Å². The largest absolute Gasteiger partial charge is 0.461 e. The molecule has 6 heteroatoms. The molecule has 3 aromatic rings. The van der Waals surface area contributed by atoms with Gasteiger partial charge >= 0.3 is 0 Å². The first kappa shape index (κ1) is 16.5. The standard InChI is InChI=1S/C20H15NO4S/c1-12-7-8-13-16(11-12)26-20(21(13)2)17(18(22)14-5-3-9-24-14)19(23)15-6-4-10-25-15/h3-11H,1-2H3. The van der Waals surface area contributed by atoms with Crippen LogP contribution in [0.5, 0.6) is 0 Å². The van der Waals surface area contributed by atoms with Gasteiger partial charge < -0.3 is 13.7 Å². The van der Waals surface area contributed by atoms with Crippen molar-refractivity contribution in [1.82, 2.24) is 0 Å². The molecule has 0 amide bonds. The van der Waals surface area contributed by atoms with Crippen LogP contribution in [0.1, 0.15) is 26.7 Å². The number of anilines is 1. The van der Waals surface area contributed by atoms with Crippen molar-refractivity contribution in [2.75, 3.05) is 11.9 Å². The normalized spacial score (nSPS) is 13.0. The van der Waals surface area contributed by atoms with Gasteiger partial charge in [-0.25, -0.2) is 0 Å². The van der Waals surface area contributed by atoms with Crippen molar-refractivity contribution in [3.05, 3.63) is 82.7 Å². The van der Waals surface area contributed by atoms with Gasteiger partial charge in [-0.05, 0) is 48.9 Å². The average molecular weight is 365 g/mol. The number of allylic oxidation sites excluding steroid dienone is 1. The zero-order valence-corrected chi connectivity index (χ0v) is 15.0. The van der Waals surface area contributed by atoms with E-state index < -0.39 is 11.6 Å². The van der Waals surface area contributed by atoms with Crippen LogP contribution in [0.2, 0.25) is 0 Å². The Morgan fingerprint density at radius 1 is 0.962 bits per heavy atom. The molecule has 0 bridgehead atoms. The summed E-state index contributed by atoms with van der Waals surface area (Å²) in [6, 6.07) is 12.4. The summed E-state index contributed by atoms with van der Waals surface area (Å²) in [5, 5.41) is 0.563. The van der Waals surface area contributed by atoms with E-state index in [2.05, 4.69) is 0 Å². The number of benzene rings is 1. The second-order valence-electron chi connectivity index (χ2n) is 5.93. The maximum Gasteiger partial charge on any atom is 0.234 e. The number of rotatable bonds is 4. The number of hydrogen-bond acceptors (Lipinski definition) is 6. The molecule has 4 rings (SSSR count). The second kappa shape index (κ2) is 6.38. The zero-order valence-electron chi connectivity index (χ0n) is 14.2. The van der Waals surface area contributed by atoms with Gasteiger partial charge in [0.05, 0.1) is 23.2 Å². The lowest BCUT2D eigenvalue weighted by Gasteiger charge is -2.16. The molecule has 0 saturated carbocycles. The Bertz CT molecular complexity index is 968. The van der Waals surface area contributed by atoms with E-state index in [0.717, 1.165) is 16.1 Å². The highest BCUT2D eigenvalue weighted by molar-refractivity contribution is 8.03. The highest BCUT2D eigenvalue weighted by atomic mass is 32.2. The van der Waals surface area contributed by atoms with Crippen molar-refractivity contribution in [2.45, 2.75) is 11.8 Å². The average Bonchev–Trinajstić information content (AvgIpc) is 3.37. The summed E-state index contributed by atoms with van der Waals surface area (Å²) in [5.41, 5.74) is 2.10. The Hall–Kier alpha value is -2.99. The minimum absolute atomic E-state index is 0.0382. The van der Waals surface area contributed by atoms with Gasteiger partial charge in [-0.1, -0.05) is 17.8 Å². The summed E-state index contributed by atoms with van der Waals surface area (Å²) >= 11 is 1.40. The topological polar surface area (TPSA) is 63.7 Å². The van der Waals surface area contributed by atoms with Gasteiger partial charge in [0, 0.05) is 11.9 Å². The lowest BCUT2D eigenvalue weighted by molar-refractivity contribution is 0.0933. The fourth-order valence-electron chi connectivity index (χ4n) is 2.84. The number of fused-ring (bicyclic) bond motifs is 1. The monoisotopic (exact) mass is 365 g/mol. The Balaban J connectivity index is 1.87. The van der Waals surface area contributed by atoms with Crippen LogP contribution in [0, 0.1) is 6.92 Å². The van der Waals surface area contributed by atoms with Gasteiger partial charge in [0.25, 0.3) is 0 Å². The van der Waals surface area contributed by atoms with E-state index in [1.807, 2.05) is 37.1 Å². The minimum Gasteiger partial charge on any atom is -0.461 e. The molecule has 5 nitrogen and oxygen atoms in total. The first-order valence-electron chi connectivity index (χ1n) is 7.99. The second-order valence-corrected chi connectivity index (χ2v) is 6.96. The maximum atomic E-state index is 13.0. The molecular weight excluding hydrogens is 350 g/mol. The van der Waals surface area contributed by atoms with Crippen molar-refractivity contribution < 1.29 is 18.4 Å². The minimum atomic E-state index is -0.463. The summed E-state index contributed by atoms with van der Waals surface area (Å²) in [7, 11) is 1.84. The first-order valence-corrected chi connectivity index (χ1v) is 8.81. The van der Waals surface area contributed by atoms with Gasteiger partial charge in [-0.15, -0.1) is 0 Å². The summed E-state index contributed by atoms with van der Waals surface area (Å²) in [5.74, 6) is -0.687. The lowest BCUT2D eigenvalue weighted by atomic mass is 10.0. The molecule has 1 aliphatic heterocycles. The number of nitrogens with zero attached hydrogens (tertiary/aromatic N) is 1. The number of ketones is 2. The van der Waals surface area contributed by atoms with Crippen molar-refractivity contribution in [3.8, 4) is 0 Å². The Kier molecular flexibility index (Phi) is 4.05. The molecule has 2 aromatic heterocycles. The highest BCUT2D eigenvalue weighted by Crippen LogP contribution is 2.47. The molecular formula is C20H15NO4S. The molecule has 0 atom stereocenters. The third-order valence-electron chi connectivity index (χ3n) is 4.15. The van der Waals surface area contributed by atoms with Crippen LogP contribution >= 0.6 is 11.8 Å². The van der Waals surface area contributed by atoms with Crippen molar-refractivity contribution in [2.24, 2.45) is 0 Å². The van der Waals surface area contributed by atoms with Crippen LogP contribution in [0.15, 0.2) is 79.3 Å². The zero-order chi connectivity index (χ0) is 18.3. The fourth-order valence-corrected chi connectivity index (χ4v) is 4.13. The van der Waals surface area contributed by atoms with Crippen molar-refractivity contribution in [3.63, 3.8) is 0 Å². The van der Waals surface area contributed by atoms with E-state index in [1.54, 1.807) is 24.3 Å².